The number of aliphatic carboxylic acids is 1. The van der Waals surface area contributed by atoms with Gasteiger partial charge in [0.25, 0.3) is 0 Å². The lowest BCUT2D eigenvalue weighted by Crippen LogP contribution is -2.58. The molecule has 1 saturated carbocycles. The largest absolute Gasteiger partial charge is 0.480 e. The molecule has 2 amide bonds. The summed E-state index contributed by atoms with van der Waals surface area (Å²) >= 11 is 0. The van der Waals surface area contributed by atoms with E-state index in [1.165, 1.54) is 0 Å². The molecule has 19 heavy (non-hydrogen) atoms. The van der Waals surface area contributed by atoms with E-state index >= 15 is 0 Å². The number of urea groups is 1. The van der Waals surface area contributed by atoms with E-state index in [0.717, 1.165) is 12.8 Å². The summed E-state index contributed by atoms with van der Waals surface area (Å²) < 4.78 is 4.88. The van der Waals surface area contributed by atoms with Gasteiger partial charge in [0.2, 0.25) is 0 Å². The number of rotatable bonds is 6. The third-order valence-corrected chi connectivity index (χ3v) is 3.70. The van der Waals surface area contributed by atoms with Crippen LogP contribution in [0.15, 0.2) is 0 Å². The monoisotopic (exact) mass is 272 g/mol. The van der Waals surface area contributed by atoms with Crippen LogP contribution in [0, 0.1) is 5.92 Å². The molecular formula is C13H24N2O4. The van der Waals surface area contributed by atoms with E-state index in [1.54, 1.807) is 7.11 Å². The van der Waals surface area contributed by atoms with Crippen molar-refractivity contribution in [3.05, 3.63) is 0 Å². The predicted molar refractivity (Wildman–Crippen MR) is 71.0 cm³/mol. The second kappa shape index (κ2) is 7.33. The molecule has 6 heteroatoms. The van der Waals surface area contributed by atoms with Crippen molar-refractivity contribution in [1.29, 1.82) is 0 Å². The Morgan fingerprint density at radius 3 is 2.53 bits per heavy atom. The van der Waals surface area contributed by atoms with Gasteiger partial charge in [-0.05, 0) is 38.0 Å². The molecule has 0 aromatic carbocycles. The SMILES string of the molecule is COCCCNC(=O)NC1(C(=O)O)CCC(C)CC1. The van der Waals surface area contributed by atoms with Crippen LogP contribution in [-0.4, -0.2) is 42.9 Å². The minimum atomic E-state index is -1.10. The number of carboxylic acid groups (broad SMARTS) is 1. The van der Waals surface area contributed by atoms with Gasteiger partial charge in [-0.15, -0.1) is 0 Å². The first-order chi connectivity index (χ1) is 9.00. The number of carboxylic acids is 1. The first-order valence-corrected chi connectivity index (χ1v) is 6.78. The summed E-state index contributed by atoms with van der Waals surface area (Å²) in [6.07, 6.45) is 3.36. The van der Waals surface area contributed by atoms with E-state index in [0.29, 0.717) is 38.3 Å². The summed E-state index contributed by atoms with van der Waals surface area (Å²) in [6.45, 7) is 3.16. The summed E-state index contributed by atoms with van der Waals surface area (Å²) in [4.78, 5) is 23.2. The van der Waals surface area contributed by atoms with Crippen molar-refractivity contribution in [1.82, 2.24) is 10.6 Å². The van der Waals surface area contributed by atoms with Crippen molar-refractivity contribution in [2.75, 3.05) is 20.3 Å². The number of carbonyl (C=O) groups is 2. The first-order valence-electron chi connectivity index (χ1n) is 6.78. The molecule has 1 aliphatic carbocycles. The number of methoxy groups -OCH3 is 1. The molecule has 0 bridgehead atoms. The summed E-state index contributed by atoms with van der Waals surface area (Å²) in [6, 6.07) is -0.409. The van der Waals surface area contributed by atoms with Gasteiger partial charge in [-0.25, -0.2) is 9.59 Å². The zero-order valence-electron chi connectivity index (χ0n) is 11.7. The number of carbonyl (C=O) groups excluding carboxylic acids is 1. The van der Waals surface area contributed by atoms with Gasteiger partial charge in [-0.1, -0.05) is 6.92 Å². The van der Waals surface area contributed by atoms with Gasteiger partial charge in [0.05, 0.1) is 0 Å². The van der Waals surface area contributed by atoms with Gasteiger partial charge in [-0.2, -0.15) is 0 Å². The van der Waals surface area contributed by atoms with Gasteiger partial charge in [0.1, 0.15) is 5.54 Å². The highest BCUT2D eigenvalue weighted by atomic mass is 16.5. The number of nitrogens with one attached hydrogen (secondary N) is 2. The van der Waals surface area contributed by atoms with Crippen molar-refractivity contribution in [2.45, 2.75) is 44.6 Å². The highest BCUT2D eigenvalue weighted by Crippen LogP contribution is 2.32. The van der Waals surface area contributed by atoms with Crippen molar-refractivity contribution in [3.8, 4) is 0 Å². The molecule has 3 N–H and O–H groups in total. The van der Waals surface area contributed by atoms with E-state index < -0.39 is 17.5 Å². The molecule has 1 fully saturated rings. The predicted octanol–water partition coefficient (Wildman–Crippen LogP) is 1.36. The third kappa shape index (κ3) is 4.70. The van der Waals surface area contributed by atoms with Gasteiger partial charge in [0, 0.05) is 20.3 Å². The lowest BCUT2D eigenvalue weighted by Gasteiger charge is -2.36. The van der Waals surface area contributed by atoms with Crippen molar-refractivity contribution >= 4 is 12.0 Å². The minimum Gasteiger partial charge on any atom is -0.480 e. The van der Waals surface area contributed by atoms with E-state index in [-0.39, 0.29) is 0 Å². The lowest BCUT2D eigenvalue weighted by atomic mass is 9.77. The maximum absolute atomic E-state index is 11.7. The second-order valence-corrected chi connectivity index (χ2v) is 5.30. The highest BCUT2D eigenvalue weighted by molar-refractivity contribution is 5.86. The van der Waals surface area contributed by atoms with Crippen LogP contribution in [0.2, 0.25) is 0 Å². The quantitative estimate of drug-likeness (QED) is 0.637. The Labute approximate surface area is 113 Å². The highest BCUT2D eigenvalue weighted by Gasteiger charge is 2.42. The molecule has 110 valence electrons. The second-order valence-electron chi connectivity index (χ2n) is 5.30. The Balaban J connectivity index is 2.45. The van der Waals surface area contributed by atoms with Crippen LogP contribution < -0.4 is 10.6 Å². The van der Waals surface area contributed by atoms with E-state index in [1.807, 2.05) is 0 Å². The molecule has 0 aliphatic heterocycles. The molecule has 0 spiro atoms. The average molecular weight is 272 g/mol. The van der Waals surface area contributed by atoms with Crippen molar-refractivity contribution in [2.24, 2.45) is 5.92 Å². The Hall–Kier alpha value is -1.30. The maximum Gasteiger partial charge on any atom is 0.329 e. The van der Waals surface area contributed by atoms with Crippen LogP contribution in [0.3, 0.4) is 0 Å². The third-order valence-electron chi connectivity index (χ3n) is 3.70. The summed E-state index contributed by atoms with van der Waals surface area (Å²) in [7, 11) is 1.60. The number of amides is 2. The molecule has 0 atom stereocenters. The Morgan fingerprint density at radius 1 is 1.37 bits per heavy atom. The zero-order chi connectivity index (χ0) is 14.3. The molecule has 1 aliphatic rings. The Bertz CT molecular complexity index is 312. The van der Waals surface area contributed by atoms with Crippen molar-refractivity contribution < 1.29 is 19.4 Å². The molecule has 6 nitrogen and oxygen atoms in total. The molecule has 0 radical (unpaired) electrons. The van der Waals surface area contributed by atoms with Crippen LogP contribution in [0.5, 0.6) is 0 Å². The van der Waals surface area contributed by atoms with Crippen LogP contribution in [-0.2, 0) is 9.53 Å². The average Bonchev–Trinajstić information content (AvgIpc) is 2.37. The first kappa shape index (κ1) is 15.8. The Kier molecular flexibility index (Phi) is 6.08. The number of ether oxygens (including phenoxy) is 1. The zero-order valence-corrected chi connectivity index (χ0v) is 11.7. The van der Waals surface area contributed by atoms with E-state index in [2.05, 4.69) is 17.6 Å². The topological polar surface area (TPSA) is 87.7 Å². The summed E-state index contributed by atoms with van der Waals surface area (Å²) in [5, 5.41) is 14.7. The summed E-state index contributed by atoms with van der Waals surface area (Å²) in [5.74, 6) is -0.412. The van der Waals surface area contributed by atoms with Crippen LogP contribution >= 0.6 is 0 Å². The Morgan fingerprint density at radius 2 is 2.00 bits per heavy atom. The fourth-order valence-corrected chi connectivity index (χ4v) is 2.33. The van der Waals surface area contributed by atoms with Gasteiger partial charge < -0.3 is 20.5 Å². The fourth-order valence-electron chi connectivity index (χ4n) is 2.33. The fraction of sp³-hybridized carbons (Fsp3) is 0.846. The number of hydrogen-bond acceptors (Lipinski definition) is 3. The molecule has 0 aromatic rings. The smallest absolute Gasteiger partial charge is 0.329 e. The number of hydrogen-bond donors (Lipinski definition) is 3. The molecule has 0 unspecified atom stereocenters. The van der Waals surface area contributed by atoms with Crippen LogP contribution in [0.4, 0.5) is 4.79 Å². The molecule has 0 saturated heterocycles. The van der Waals surface area contributed by atoms with Gasteiger partial charge >= 0.3 is 12.0 Å². The van der Waals surface area contributed by atoms with E-state index in [9.17, 15) is 14.7 Å². The normalized spacial score (nSPS) is 26.7. The van der Waals surface area contributed by atoms with Crippen LogP contribution in [0.1, 0.15) is 39.0 Å². The van der Waals surface area contributed by atoms with Crippen LogP contribution in [0.25, 0.3) is 0 Å². The van der Waals surface area contributed by atoms with Gasteiger partial charge in [-0.3, -0.25) is 0 Å². The molecule has 0 heterocycles. The summed E-state index contributed by atoms with van der Waals surface area (Å²) in [5.41, 5.74) is -1.10. The minimum absolute atomic E-state index is 0.409. The lowest BCUT2D eigenvalue weighted by molar-refractivity contribution is -0.146. The maximum atomic E-state index is 11.7. The van der Waals surface area contributed by atoms with Gasteiger partial charge in [0.15, 0.2) is 0 Å². The molecular weight excluding hydrogens is 248 g/mol. The van der Waals surface area contributed by atoms with Crippen molar-refractivity contribution in [3.63, 3.8) is 0 Å². The standard InChI is InChI=1S/C13H24N2O4/c1-10-4-6-13(7-5-10,11(16)17)15-12(18)14-8-3-9-19-2/h10H,3-9H2,1-2H3,(H,16,17)(H2,14,15,18). The molecule has 0 aromatic heterocycles. The van der Waals surface area contributed by atoms with E-state index in [4.69, 9.17) is 4.74 Å². The molecule has 1 rings (SSSR count).